The van der Waals surface area contributed by atoms with Crippen molar-refractivity contribution < 1.29 is 42.6 Å². The molecule has 2 heterocycles. The van der Waals surface area contributed by atoms with E-state index in [4.69, 9.17) is 8.22 Å². The summed E-state index contributed by atoms with van der Waals surface area (Å²) in [6.45, 7) is 16.5. The van der Waals surface area contributed by atoms with E-state index in [9.17, 15) is 14.3 Å². The van der Waals surface area contributed by atoms with Crippen molar-refractivity contribution in [1.82, 2.24) is 9.97 Å². The number of rotatable bonds is 14. The van der Waals surface area contributed by atoms with Crippen LogP contribution in [0.3, 0.4) is 0 Å². The van der Waals surface area contributed by atoms with Gasteiger partial charge in [-0.1, -0.05) is 136 Å². The molecule has 67 heavy (non-hydrogen) atoms. The molecule has 0 spiro atoms. The van der Waals surface area contributed by atoms with Crippen LogP contribution in [0, 0.1) is 63.5 Å². The van der Waals surface area contributed by atoms with Crippen LogP contribution in [0.25, 0.3) is 44.1 Å². The standard InChI is InChI=1S/2C23H24N.C15H27FO2.Ir/c2*1-16-11-17(2)13-21(12-16)23-22-8-7-19(14-18-5-3-4-6-18)15-20(22)9-10-24-23;1-6-11(7-2)13(17)9-14(18)12(8-3)10-15(4,5)16;/h2*7-12,15,18H,3-6,14H2,1-2H3;9,11-12,18H,6-8,10H2,1-5H3;/q2*-1;;/b;;14-9-;/i2*9D,10D,12D;;. The Kier molecular flexibility index (Phi) is 16.9. The molecule has 2 saturated carbocycles. The number of alkyl halides is 1. The number of hydrogen-bond acceptors (Lipinski definition) is 4. The maximum absolute atomic E-state index is 13.6. The Labute approximate surface area is 424 Å². The fraction of sp³-hybridized carbons (Fsp3) is 0.459. The number of benzene rings is 4. The first-order valence-electron chi connectivity index (χ1n) is 27.6. The molecule has 1 N–H and O–H groups in total. The average molecular weight is 1090 g/mol. The van der Waals surface area contributed by atoms with Gasteiger partial charge in [-0.2, -0.15) is 0 Å². The Morgan fingerprint density at radius 3 is 1.54 bits per heavy atom. The first-order chi connectivity index (χ1) is 34.1. The van der Waals surface area contributed by atoms with Crippen LogP contribution >= 0.6 is 0 Å². The molecule has 1 unspecified atom stereocenters. The largest absolute Gasteiger partial charge is 0.512 e. The van der Waals surface area contributed by atoms with Crippen LogP contribution in [0.4, 0.5) is 4.39 Å². The maximum atomic E-state index is 13.6. The van der Waals surface area contributed by atoms with Crippen LogP contribution in [0.1, 0.15) is 153 Å². The number of nitrogens with zero attached hydrogens (tertiary/aromatic N) is 2. The number of allylic oxidation sites excluding steroid dienone is 2. The minimum atomic E-state index is -1.33. The second-order valence-corrected chi connectivity index (χ2v) is 19.6. The van der Waals surface area contributed by atoms with E-state index < -0.39 is 5.67 Å². The van der Waals surface area contributed by atoms with Crippen molar-refractivity contribution in [2.45, 2.75) is 158 Å². The van der Waals surface area contributed by atoms with Crippen molar-refractivity contribution in [1.29, 1.82) is 0 Å². The third kappa shape index (κ3) is 15.5. The normalized spacial score (nSPS) is 16.2. The number of aliphatic hydroxyl groups is 1. The Morgan fingerprint density at radius 1 is 0.731 bits per heavy atom. The maximum Gasteiger partial charge on any atom is 0.162 e. The zero-order chi connectivity index (χ0) is 52.6. The van der Waals surface area contributed by atoms with E-state index in [-0.39, 0.29) is 74.3 Å². The van der Waals surface area contributed by atoms with Gasteiger partial charge in [0.15, 0.2) is 5.78 Å². The second-order valence-electron chi connectivity index (χ2n) is 19.6. The predicted molar refractivity (Wildman–Crippen MR) is 276 cm³/mol. The van der Waals surface area contributed by atoms with Crippen LogP contribution in [0.5, 0.6) is 0 Å². The van der Waals surface area contributed by atoms with Crippen LogP contribution in [0.15, 0.2) is 96.9 Å². The molecule has 0 bridgehead atoms. The van der Waals surface area contributed by atoms with E-state index in [0.717, 1.165) is 81.3 Å². The van der Waals surface area contributed by atoms with Gasteiger partial charge >= 0.3 is 0 Å². The monoisotopic (exact) mass is 1090 g/mol. The molecule has 6 aromatic rings. The SMILES string of the molecule is CCC(CC)C(=O)/C=C(\O)C(CC)CC(C)(C)F.[2H]c1nc(-c2[c-]c(C)cc(C)c2[2H])c2ccc(CC3CCCC3)cc2c1[2H].[2H]c1nc(-c2[c-]c(C)cc(C)c2[2H])c2ccc(CC3CCCC3)cc2c1[2H].[Ir]. The molecule has 359 valence electrons. The minimum Gasteiger partial charge on any atom is -0.512 e. The number of pyridine rings is 2. The molecule has 2 aliphatic carbocycles. The Balaban J connectivity index is 0.000000207. The van der Waals surface area contributed by atoms with E-state index in [1.807, 2.05) is 72.7 Å². The molecular formula is C61H75FIrN2O2-2. The molecule has 0 amide bonds. The Bertz CT molecular complexity index is 2750. The topological polar surface area (TPSA) is 63.1 Å². The van der Waals surface area contributed by atoms with Gasteiger partial charge in [0.2, 0.25) is 0 Å². The molecule has 1 atom stereocenters. The number of carbonyl (C=O) groups is 1. The number of ketones is 1. The third-order valence-electron chi connectivity index (χ3n) is 13.3. The number of carbonyl (C=O) groups excluding carboxylic acids is 1. The first kappa shape index (κ1) is 45.0. The summed E-state index contributed by atoms with van der Waals surface area (Å²) < 4.78 is 63.6. The quantitative estimate of drug-likeness (QED) is 0.0671. The minimum absolute atomic E-state index is 0. The van der Waals surface area contributed by atoms with Gasteiger partial charge in [0.25, 0.3) is 0 Å². The predicted octanol–water partition coefficient (Wildman–Crippen LogP) is 16.7. The van der Waals surface area contributed by atoms with E-state index in [1.165, 1.54) is 82.4 Å². The summed E-state index contributed by atoms with van der Waals surface area (Å²) in [7, 11) is 0. The molecule has 4 nitrogen and oxygen atoms in total. The van der Waals surface area contributed by atoms with Gasteiger partial charge in [-0.25, -0.2) is 4.39 Å². The molecule has 0 saturated heterocycles. The fourth-order valence-electron chi connectivity index (χ4n) is 9.94. The van der Waals surface area contributed by atoms with Gasteiger partial charge < -0.3 is 15.1 Å². The number of hydrogen-bond donors (Lipinski definition) is 1. The first-order valence-corrected chi connectivity index (χ1v) is 24.6. The van der Waals surface area contributed by atoms with Crippen molar-refractivity contribution in [2.75, 3.05) is 0 Å². The van der Waals surface area contributed by atoms with Gasteiger partial charge in [-0.3, -0.25) is 4.79 Å². The number of fused-ring (bicyclic) bond motifs is 2. The summed E-state index contributed by atoms with van der Waals surface area (Å²) in [4.78, 5) is 20.6. The Morgan fingerprint density at radius 2 is 1.15 bits per heavy atom. The summed E-state index contributed by atoms with van der Waals surface area (Å²) >= 11 is 0. The summed E-state index contributed by atoms with van der Waals surface area (Å²) in [6.07, 6.45) is 16.2. The summed E-state index contributed by atoms with van der Waals surface area (Å²) in [5.74, 6) is 1.14. The van der Waals surface area contributed by atoms with Gasteiger partial charge in [0.1, 0.15) is 5.67 Å². The second kappa shape index (κ2) is 25.2. The van der Waals surface area contributed by atoms with Crippen LogP contribution in [-0.2, 0) is 37.7 Å². The number of aryl methyl sites for hydroxylation is 4. The van der Waals surface area contributed by atoms with Gasteiger partial charge in [-0.05, 0) is 123 Å². The van der Waals surface area contributed by atoms with Crippen molar-refractivity contribution >= 4 is 27.3 Å². The van der Waals surface area contributed by atoms with Crippen molar-refractivity contribution in [3.63, 3.8) is 0 Å². The van der Waals surface area contributed by atoms with Crippen LogP contribution < -0.4 is 0 Å². The zero-order valence-electron chi connectivity index (χ0n) is 47.4. The van der Waals surface area contributed by atoms with E-state index >= 15 is 0 Å². The van der Waals surface area contributed by atoms with E-state index in [2.05, 4.69) is 46.4 Å². The summed E-state index contributed by atoms with van der Waals surface area (Å²) in [5, 5.41) is 13.1. The molecule has 8 rings (SSSR count). The molecule has 2 aromatic heterocycles. The van der Waals surface area contributed by atoms with Crippen molar-refractivity contribution in [3.8, 4) is 22.5 Å². The molecule has 2 aliphatic rings. The Hall–Kier alpha value is -4.51. The third-order valence-corrected chi connectivity index (χ3v) is 13.3. The number of halogens is 1. The van der Waals surface area contributed by atoms with Crippen LogP contribution in [0.2, 0.25) is 0 Å². The van der Waals surface area contributed by atoms with Crippen molar-refractivity contribution in [2.24, 2.45) is 23.7 Å². The van der Waals surface area contributed by atoms with Crippen molar-refractivity contribution in [3.05, 3.63) is 142 Å². The van der Waals surface area contributed by atoms with Gasteiger partial charge in [0, 0.05) is 50.4 Å². The molecule has 4 aromatic carbocycles. The molecule has 6 heteroatoms. The summed E-state index contributed by atoms with van der Waals surface area (Å²) in [6, 6.07) is 23.9. The zero-order valence-corrected chi connectivity index (χ0v) is 43.8. The molecule has 1 radical (unpaired) electrons. The fourth-order valence-corrected chi connectivity index (χ4v) is 9.94. The molecule has 2 fully saturated rings. The smallest absolute Gasteiger partial charge is 0.162 e. The van der Waals surface area contributed by atoms with E-state index in [1.54, 1.807) is 0 Å². The average Bonchev–Trinajstić information content (AvgIpc) is 4.06. The molecule has 0 aliphatic heterocycles. The number of aliphatic hydroxyl groups excluding tert-OH is 1. The van der Waals surface area contributed by atoms with Crippen LogP contribution in [-0.4, -0.2) is 26.5 Å². The van der Waals surface area contributed by atoms with E-state index in [0.29, 0.717) is 41.0 Å². The van der Waals surface area contributed by atoms with Gasteiger partial charge in [-0.15, -0.1) is 69.7 Å². The number of aromatic nitrogens is 2. The molecular weight excluding hydrogens is 1000 g/mol. The summed E-state index contributed by atoms with van der Waals surface area (Å²) in [5.41, 5.74) is 7.20. The van der Waals surface area contributed by atoms with Gasteiger partial charge in [0.05, 0.1) is 11.2 Å².